The van der Waals surface area contributed by atoms with Crippen LogP contribution in [0.2, 0.25) is 10.0 Å². The largest absolute Gasteiger partial charge is 0.470 e. The van der Waals surface area contributed by atoms with E-state index >= 15 is 0 Å². The first kappa shape index (κ1) is 11.1. The van der Waals surface area contributed by atoms with E-state index < -0.39 is 0 Å². The number of anilines is 1. The summed E-state index contributed by atoms with van der Waals surface area (Å²) in [6, 6.07) is 6.88. The lowest BCUT2D eigenvalue weighted by atomic mass is 10.3. The third-order valence-electron chi connectivity index (χ3n) is 1.93. The van der Waals surface area contributed by atoms with Gasteiger partial charge >= 0.3 is 0 Å². The quantitative estimate of drug-likeness (QED) is 0.920. The van der Waals surface area contributed by atoms with Gasteiger partial charge < -0.3 is 10.5 Å². The van der Waals surface area contributed by atoms with Crippen LogP contribution in [-0.4, -0.2) is 9.78 Å². The summed E-state index contributed by atoms with van der Waals surface area (Å²) >= 11 is 11.8. The molecule has 1 heterocycles. The van der Waals surface area contributed by atoms with E-state index in [1.165, 1.54) is 0 Å². The number of nitrogen functional groups attached to an aromatic ring is 1. The van der Waals surface area contributed by atoms with Gasteiger partial charge in [0.15, 0.2) is 6.73 Å². The van der Waals surface area contributed by atoms with Gasteiger partial charge in [-0.05, 0) is 12.1 Å². The maximum Gasteiger partial charge on any atom is 0.181 e. The molecule has 0 amide bonds. The molecule has 2 rings (SSSR count). The van der Waals surface area contributed by atoms with Crippen LogP contribution in [-0.2, 0) is 6.73 Å². The molecule has 0 atom stereocenters. The molecule has 2 N–H and O–H groups in total. The average molecular weight is 258 g/mol. The van der Waals surface area contributed by atoms with Crippen molar-refractivity contribution in [3.05, 3.63) is 40.5 Å². The SMILES string of the molecule is Nc1ccn(COc2cccc(Cl)c2Cl)n1. The number of nitrogens with two attached hydrogens (primary N) is 1. The summed E-state index contributed by atoms with van der Waals surface area (Å²) < 4.78 is 7.01. The Bertz CT molecular complexity index is 499. The Morgan fingerprint density at radius 3 is 2.81 bits per heavy atom. The molecule has 2 aromatic rings. The molecule has 0 aliphatic rings. The molecule has 1 aromatic heterocycles. The molecule has 1 aromatic carbocycles. The lowest BCUT2D eigenvalue weighted by Gasteiger charge is -2.08. The Balaban J connectivity index is 2.07. The number of hydrogen-bond donors (Lipinski definition) is 1. The van der Waals surface area contributed by atoms with Crippen LogP contribution in [0.3, 0.4) is 0 Å². The molecule has 4 nitrogen and oxygen atoms in total. The maximum absolute atomic E-state index is 5.95. The number of nitrogens with zero attached hydrogens (tertiary/aromatic N) is 2. The van der Waals surface area contributed by atoms with Crippen LogP contribution in [0.4, 0.5) is 5.82 Å². The number of rotatable bonds is 3. The van der Waals surface area contributed by atoms with Gasteiger partial charge in [-0.1, -0.05) is 29.3 Å². The Morgan fingerprint density at radius 2 is 2.12 bits per heavy atom. The number of aromatic nitrogens is 2. The molecular formula is C10H9Cl2N3O. The van der Waals surface area contributed by atoms with E-state index in [0.29, 0.717) is 21.6 Å². The summed E-state index contributed by atoms with van der Waals surface area (Å²) in [6.07, 6.45) is 1.72. The molecule has 0 aliphatic carbocycles. The molecule has 0 spiro atoms. The zero-order chi connectivity index (χ0) is 11.5. The summed E-state index contributed by atoms with van der Waals surface area (Å²) in [5.74, 6) is 0.962. The van der Waals surface area contributed by atoms with Gasteiger partial charge in [-0.15, -0.1) is 0 Å². The summed E-state index contributed by atoms with van der Waals surface area (Å²) in [4.78, 5) is 0. The smallest absolute Gasteiger partial charge is 0.181 e. The first-order chi connectivity index (χ1) is 7.66. The molecule has 84 valence electrons. The van der Waals surface area contributed by atoms with Crippen molar-refractivity contribution in [1.29, 1.82) is 0 Å². The van der Waals surface area contributed by atoms with Crippen LogP contribution in [0.1, 0.15) is 0 Å². The highest BCUT2D eigenvalue weighted by atomic mass is 35.5. The van der Waals surface area contributed by atoms with Gasteiger partial charge in [-0.3, -0.25) is 0 Å². The second-order valence-electron chi connectivity index (χ2n) is 3.11. The van der Waals surface area contributed by atoms with Crippen LogP contribution in [0.25, 0.3) is 0 Å². The van der Waals surface area contributed by atoms with Gasteiger partial charge in [0.1, 0.15) is 16.6 Å². The summed E-state index contributed by atoms with van der Waals surface area (Å²) in [5, 5.41) is 4.82. The van der Waals surface area contributed by atoms with Crippen LogP contribution >= 0.6 is 23.2 Å². The van der Waals surface area contributed by atoms with E-state index in [-0.39, 0.29) is 6.73 Å². The molecule has 0 unspecified atom stereocenters. The molecular weight excluding hydrogens is 249 g/mol. The Labute approximate surface area is 103 Å². The van der Waals surface area contributed by atoms with Crippen molar-refractivity contribution in [2.75, 3.05) is 5.73 Å². The van der Waals surface area contributed by atoms with Crippen molar-refractivity contribution in [3.8, 4) is 5.75 Å². The molecule has 6 heteroatoms. The first-order valence-corrected chi connectivity index (χ1v) is 5.28. The minimum Gasteiger partial charge on any atom is -0.470 e. The van der Waals surface area contributed by atoms with E-state index in [4.69, 9.17) is 33.7 Å². The number of halogens is 2. The van der Waals surface area contributed by atoms with Crippen molar-refractivity contribution in [2.45, 2.75) is 6.73 Å². The van der Waals surface area contributed by atoms with E-state index in [0.717, 1.165) is 0 Å². The van der Waals surface area contributed by atoms with Crippen LogP contribution < -0.4 is 10.5 Å². The number of hydrogen-bond acceptors (Lipinski definition) is 3. The van der Waals surface area contributed by atoms with Crippen LogP contribution in [0, 0.1) is 0 Å². The summed E-state index contributed by atoms with van der Waals surface area (Å²) in [7, 11) is 0. The number of ether oxygens (including phenoxy) is 1. The first-order valence-electron chi connectivity index (χ1n) is 4.52. The number of benzene rings is 1. The topological polar surface area (TPSA) is 53.1 Å². The molecule has 0 fully saturated rings. The third-order valence-corrected chi connectivity index (χ3v) is 2.73. The lowest BCUT2D eigenvalue weighted by Crippen LogP contribution is -2.06. The summed E-state index contributed by atoms with van der Waals surface area (Å²) in [5.41, 5.74) is 5.47. The highest BCUT2D eigenvalue weighted by molar-refractivity contribution is 6.42. The minimum atomic E-state index is 0.233. The van der Waals surface area contributed by atoms with Gasteiger partial charge in [0.05, 0.1) is 5.02 Å². The maximum atomic E-state index is 5.95. The fraction of sp³-hybridized carbons (Fsp3) is 0.100. The van der Waals surface area contributed by atoms with Crippen molar-refractivity contribution < 1.29 is 4.74 Å². The normalized spacial score (nSPS) is 10.4. The molecule has 0 saturated carbocycles. The van der Waals surface area contributed by atoms with Gasteiger partial charge in [0.25, 0.3) is 0 Å². The van der Waals surface area contributed by atoms with E-state index in [9.17, 15) is 0 Å². The Morgan fingerprint density at radius 1 is 1.31 bits per heavy atom. The second kappa shape index (κ2) is 4.63. The fourth-order valence-electron chi connectivity index (χ4n) is 1.18. The van der Waals surface area contributed by atoms with Gasteiger partial charge in [0, 0.05) is 12.3 Å². The van der Waals surface area contributed by atoms with Gasteiger partial charge in [-0.2, -0.15) is 5.10 Å². The van der Waals surface area contributed by atoms with Crippen molar-refractivity contribution in [2.24, 2.45) is 0 Å². The molecule has 16 heavy (non-hydrogen) atoms. The zero-order valence-corrected chi connectivity index (χ0v) is 9.74. The predicted octanol–water partition coefficient (Wildman–Crippen LogP) is 2.81. The monoisotopic (exact) mass is 257 g/mol. The van der Waals surface area contributed by atoms with E-state index in [2.05, 4.69) is 5.10 Å². The standard InChI is InChI=1S/C10H9Cl2N3O/c11-7-2-1-3-8(10(7)12)16-6-15-5-4-9(13)14-15/h1-5H,6H2,(H2,13,14). The average Bonchev–Trinajstić information content (AvgIpc) is 2.67. The van der Waals surface area contributed by atoms with Gasteiger partial charge in [0.2, 0.25) is 0 Å². The van der Waals surface area contributed by atoms with E-state index in [1.807, 2.05) is 0 Å². The van der Waals surface area contributed by atoms with E-state index in [1.54, 1.807) is 35.1 Å². The van der Waals surface area contributed by atoms with Crippen LogP contribution in [0.5, 0.6) is 5.75 Å². The van der Waals surface area contributed by atoms with Crippen molar-refractivity contribution in [3.63, 3.8) is 0 Å². The molecule has 0 radical (unpaired) electrons. The van der Waals surface area contributed by atoms with Gasteiger partial charge in [-0.25, -0.2) is 4.68 Å². The summed E-state index contributed by atoms with van der Waals surface area (Å²) in [6.45, 7) is 0.233. The Hall–Kier alpha value is -1.39. The van der Waals surface area contributed by atoms with Crippen LogP contribution in [0.15, 0.2) is 30.5 Å². The molecule has 0 saturated heterocycles. The predicted molar refractivity (Wildman–Crippen MR) is 63.7 cm³/mol. The molecule has 0 bridgehead atoms. The lowest BCUT2D eigenvalue weighted by molar-refractivity contribution is 0.221. The van der Waals surface area contributed by atoms with Crippen molar-refractivity contribution >= 4 is 29.0 Å². The highest BCUT2D eigenvalue weighted by Crippen LogP contribution is 2.31. The minimum absolute atomic E-state index is 0.233. The third kappa shape index (κ3) is 2.40. The van der Waals surface area contributed by atoms with Crippen molar-refractivity contribution in [1.82, 2.24) is 9.78 Å². The second-order valence-corrected chi connectivity index (χ2v) is 3.89. The Kier molecular flexibility index (Phi) is 3.22. The zero-order valence-electron chi connectivity index (χ0n) is 8.23. The fourth-order valence-corrected chi connectivity index (χ4v) is 1.53. The molecule has 0 aliphatic heterocycles. The highest BCUT2D eigenvalue weighted by Gasteiger charge is 2.05.